The fourth-order valence-electron chi connectivity index (χ4n) is 2.50. The van der Waals surface area contributed by atoms with Crippen LogP contribution < -0.4 is 5.73 Å². The quantitative estimate of drug-likeness (QED) is 0.782. The van der Waals surface area contributed by atoms with Gasteiger partial charge in [-0.15, -0.1) is 0 Å². The zero-order valence-corrected chi connectivity index (χ0v) is 11.6. The Hall–Kier alpha value is -1.69. The van der Waals surface area contributed by atoms with Crippen molar-refractivity contribution >= 4 is 11.8 Å². The van der Waals surface area contributed by atoms with Crippen LogP contribution in [0.2, 0.25) is 0 Å². The van der Waals surface area contributed by atoms with Crippen LogP contribution in [0.3, 0.4) is 0 Å². The van der Waals surface area contributed by atoms with Crippen molar-refractivity contribution in [3.63, 3.8) is 0 Å². The fourth-order valence-corrected chi connectivity index (χ4v) is 2.50. The molecule has 0 saturated carbocycles. The first-order valence-corrected chi connectivity index (χ1v) is 6.50. The minimum Gasteiger partial charge on any atom is -0.320 e. The smallest absolute Gasteiger partial charge is 0.246 e. The maximum Gasteiger partial charge on any atom is 0.246 e. The van der Waals surface area contributed by atoms with Gasteiger partial charge in [-0.3, -0.25) is 19.2 Å². The number of nitrogens with two attached hydrogens (primary N) is 1. The molecule has 2 N–H and O–H groups in total. The summed E-state index contributed by atoms with van der Waals surface area (Å²) in [4.78, 5) is 25.0. The summed E-state index contributed by atoms with van der Waals surface area (Å²) in [5.41, 5.74) is 8.82. The standard InChI is InChI=1S/C13H20N4O2/c1-8-10(9(2)16(3)15-8)6-7-17-12(18)5-4-11(14)13(17)19/h11H,4-7,14H2,1-3H3/t11-/m0/s1. The topological polar surface area (TPSA) is 81.2 Å². The number of hydrogen-bond acceptors (Lipinski definition) is 4. The molecule has 0 aromatic carbocycles. The molecule has 1 fully saturated rings. The summed E-state index contributed by atoms with van der Waals surface area (Å²) in [6.45, 7) is 4.31. The molecule has 19 heavy (non-hydrogen) atoms. The third-order valence-electron chi connectivity index (χ3n) is 3.80. The van der Waals surface area contributed by atoms with Gasteiger partial charge in [0.15, 0.2) is 0 Å². The lowest BCUT2D eigenvalue weighted by molar-refractivity contribution is -0.149. The third-order valence-corrected chi connectivity index (χ3v) is 3.80. The maximum absolute atomic E-state index is 11.9. The highest BCUT2D eigenvalue weighted by molar-refractivity contribution is 6.00. The SMILES string of the molecule is Cc1nn(C)c(C)c1CCN1C(=O)CC[C@H](N)C1=O. The predicted molar refractivity (Wildman–Crippen MR) is 70.3 cm³/mol. The van der Waals surface area contributed by atoms with Gasteiger partial charge in [0.1, 0.15) is 0 Å². The zero-order chi connectivity index (χ0) is 14.2. The molecule has 2 amide bonds. The van der Waals surface area contributed by atoms with E-state index in [1.165, 1.54) is 4.90 Å². The van der Waals surface area contributed by atoms with Crippen molar-refractivity contribution in [1.29, 1.82) is 0 Å². The van der Waals surface area contributed by atoms with Crippen LogP contribution in [0.1, 0.15) is 29.8 Å². The van der Waals surface area contributed by atoms with E-state index in [1.54, 1.807) is 0 Å². The number of carbonyl (C=O) groups is 2. The largest absolute Gasteiger partial charge is 0.320 e. The molecule has 1 aromatic rings. The van der Waals surface area contributed by atoms with Gasteiger partial charge in [-0.05, 0) is 32.3 Å². The molecule has 1 saturated heterocycles. The normalized spacial score (nSPS) is 20.2. The first-order chi connectivity index (χ1) is 8.91. The van der Waals surface area contributed by atoms with Crippen LogP contribution >= 0.6 is 0 Å². The van der Waals surface area contributed by atoms with E-state index in [0.717, 1.165) is 17.0 Å². The molecule has 0 aliphatic carbocycles. The molecular weight excluding hydrogens is 244 g/mol. The third kappa shape index (κ3) is 2.53. The number of likely N-dealkylation sites (tertiary alicyclic amines) is 1. The average Bonchev–Trinajstić information content (AvgIpc) is 2.60. The van der Waals surface area contributed by atoms with Crippen molar-refractivity contribution in [2.45, 2.75) is 39.2 Å². The minimum atomic E-state index is -0.534. The van der Waals surface area contributed by atoms with Crippen LogP contribution in [0.25, 0.3) is 0 Å². The minimum absolute atomic E-state index is 0.120. The monoisotopic (exact) mass is 264 g/mol. The summed E-state index contributed by atoms with van der Waals surface area (Å²) < 4.78 is 1.82. The number of hydrogen-bond donors (Lipinski definition) is 1. The van der Waals surface area contributed by atoms with Crippen molar-refractivity contribution in [3.05, 3.63) is 17.0 Å². The molecule has 0 bridgehead atoms. The summed E-state index contributed by atoms with van der Waals surface area (Å²) in [5, 5.41) is 4.33. The molecule has 0 spiro atoms. The van der Waals surface area contributed by atoms with Gasteiger partial charge in [-0.1, -0.05) is 0 Å². The van der Waals surface area contributed by atoms with Gasteiger partial charge in [0.05, 0.1) is 11.7 Å². The molecule has 0 radical (unpaired) electrons. The summed E-state index contributed by atoms with van der Waals surface area (Å²) >= 11 is 0. The highest BCUT2D eigenvalue weighted by Gasteiger charge is 2.31. The Bertz CT molecular complexity index is 521. The Labute approximate surface area is 112 Å². The van der Waals surface area contributed by atoms with E-state index in [0.29, 0.717) is 25.8 Å². The van der Waals surface area contributed by atoms with E-state index >= 15 is 0 Å². The van der Waals surface area contributed by atoms with Crippen LogP contribution in [0.15, 0.2) is 0 Å². The Kier molecular flexibility index (Phi) is 3.71. The molecule has 1 atom stereocenters. The Balaban J connectivity index is 2.09. The van der Waals surface area contributed by atoms with E-state index in [-0.39, 0.29) is 11.8 Å². The molecular formula is C13H20N4O2. The van der Waals surface area contributed by atoms with Gasteiger partial charge in [-0.25, -0.2) is 0 Å². The number of imide groups is 1. The van der Waals surface area contributed by atoms with Crippen molar-refractivity contribution < 1.29 is 9.59 Å². The molecule has 6 nitrogen and oxygen atoms in total. The number of piperidine rings is 1. The molecule has 6 heteroatoms. The van der Waals surface area contributed by atoms with Crippen LogP contribution in [-0.2, 0) is 23.1 Å². The molecule has 0 unspecified atom stereocenters. The Morgan fingerprint density at radius 1 is 1.37 bits per heavy atom. The highest BCUT2D eigenvalue weighted by Crippen LogP contribution is 2.16. The zero-order valence-electron chi connectivity index (χ0n) is 11.6. The maximum atomic E-state index is 11.9. The molecule has 1 aromatic heterocycles. The van der Waals surface area contributed by atoms with Crippen molar-refractivity contribution in [3.8, 4) is 0 Å². The van der Waals surface area contributed by atoms with Gasteiger partial charge < -0.3 is 5.73 Å². The second-order valence-electron chi connectivity index (χ2n) is 5.05. The molecule has 2 heterocycles. The van der Waals surface area contributed by atoms with Gasteiger partial charge in [0.2, 0.25) is 11.8 Å². The van der Waals surface area contributed by atoms with E-state index in [9.17, 15) is 9.59 Å². The van der Waals surface area contributed by atoms with Crippen LogP contribution in [-0.4, -0.2) is 39.1 Å². The highest BCUT2D eigenvalue weighted by atomic mass is 16.2. The predicted octanol–water partition coefficient (Wildman–Crippen LogP) is 0.0557. The molecule has 1 aliphatic rings. The van der Waals surface area contributed by atoms with Gasteiger partial charge in [0.25, 0.3) is 0 Å². The van der Waals surface area contributed by atoms with E-state index in [1.807, 2.05) is 25.6 Å². The molecule has 104 valence electrons. The Morgan fingerprint density at radius 3 is 2.63 bits per heavy atom. The summed E-state index contributed by atoms with van der Waals surface area (Å²) in [6.07, 6.45) is 1.45. The summed E-state index contributed by atoms with van der Waals surface area (Å²) in [6, 6.07) is -0.534. The fraction of sp³-hybridized carbons (Fsp3) is 0.615. The van der Waals surface area contributed by atoms with Gasteiger partial charge in [0, 0.05) is 25.7 Å². The van der Waals surface area contributed by atoms with Crippen LogP contribution in [0, 0.1) is 13.8 Å². The van der Waals surface area contributed by atoms with Crippen molar-refractivity contribution in [2.24, 2.45) is 12.8 Å². The van der Waals surface area contributed by atoms with E-state index < -0.39 is 6.04 Å². The number of carbonyl (C=O) groups excluding carboxylic acids is 2. The molecule has 2 rings (SSSR count). The van der Waals surface area contributed by atoms with E-state index in [4.69, 9.17) is 5.73 Å². The van der Waals surface area contributed by atoms with Crippen LogP contribution in [0.5, 0.6) is 0 Å². The van der Waals surface area contributed by atoms with E-state index in [2.05, 4.69) is 5.10 Å². The number of aromatic nitrogens is 2. The summed E-state index contributed by atoms with van der Waals surface area (Å²) in [5.74, 6) is -0.374. The average molecular weight is 264 g/mol. The number of rotatable bonds is 3. The first kappa shape index (κ1) is 13.7. The van der Waals surface area contributed by atoms with Crippen molar-refractivity contribution in [1.82, 2.24) is 14.7 Å². The summed E-state index contributed by atoms with van der Waals surface area (Å²) in [7, 11) is 1.89. The molecule has 1 aliphatic heterocycles. The lowest BCUT2D eigenvalue weighted by atomic mass is 10.0. The number of nitrogens with zero attached hydrogens (tertiary/aromatic N) is 3. The van der Waals surface area contributed by atoms with Gasteiger partial charge >= 0.3 is 0 Å². The second kappa shape index (κ2) is 5.13. The van der Waals surface area contributed by atoms with Gasteiger partial charge in [-0.2, -0.15) is 5.10 Å². The lowest BCUT2D eigenvalue weighted by Crippen LogP contribution is -2.51. The lowest BCUT2D eigenvalue weighted by Gasteiger charge is -2.28. The Morgan fingerprint density at radius 2 is 2.05 bits per heavy atom. The van der Waals surface area contributed by atoms with Crippen LogP contribution in [0.4, 0.5) is 0 Å². The van der Waals surface area contributed by atoms with Crippen molar-refractivity contribution in [2.75, 3.05) is 6.54 Å². The first-order valence-electron chi connectivity index (χ1n) is 6.50. The number of amides is 2. The number of aryl methyl sites for hydroxylation is 2. The second-order valence-corrected chi connectivity index (χ2v) is 5.05.